The van der Waals surface area contributed by atoms with E-state index in [1.165, 1.54) is 24.3 Å². The maximum atomic E-state index is 13.1. The third-order valence-corrected chi connectivity index (χ3v) is 6.22. The molecule has 27 heavy (non-hydrogen) atoms. The van der Waals surface area contributed by atoms with Gasteiger partial charge < -0.3 is 0 Å². The summed E-state index contributed by atoms with van der Waals surface area (Å²) in [7, 11) is -3.58. The van der Waals surface area contributed by atoms with Crippen molar-refractivity contribution in [2.24, 2.45) is 0 Å². The molecule has 1 N–H and O–H groups in total. The number of alkyl halides is 3. The summed E-state index contributed by atoms with van der Waals surface area (Å²) < 4.78 is 66.8. The Labute approximate surface area is 157 Å². The van der Waals surface area contributed by atoms with Crippen LogP contribution in [0.3, 0.4) is 0 Å². The lowest BCUT2D eigenvalue weighted by Crippen LogP contribution is -2.44. The second kappa shape index (κ2) is 8.00. The molecule has 0 unspecified atom stereocenters. The standard InChI is InChI=1S/C19H21F3N2O2S/c20-19(21,22)18-9-5-4-6-15(18)14-24-12-10-16(11-13-24)23-27(25,26)17-7-2-1-3-8-17/h1-9,16,23H,10-14H2. The molecule has 0 radical (unpaired) electrons. The van der Waals surface area contributed by atoms with E-state index < -0.39 is 21.8 Å². The van der Waals surface area contributed by atoms with Crippen molar-refractivity contribution in [2.75, 3.05) is 13.1 Å². The van der Waals surface area contributed by atoms with Gasteiger partial charge in [0.2, 0.25) is 10.0 Å². The van der Waals surface area contributed by atoms with Gasteiger partial charge in [0.1, 0.15) is 0 Å². The van der Waals surface area contributed by atoms with Gasteiger partial charge in [-0.3, -0.25) is 4.90 Å². The van der Waals surface area contributed by atoms with Gasteiger partial charge in [-0.1, -0.05) is 36.4 Å². The number of nitrogens with zero attached hydrogens (tertiary/aromatic N) is 1. The number of nitrogens with one attached hydrogen (secondary N) is 1. The molecule has 2 aromatic rings. The minimum Gasteiger partial charge on any atom is -0.299 e. The maximum Gasteiger partial charge on any atom is 0.416 e. The highest BCUT2D eigenvalue weighted by Crippen LogP contribution is 2.32. The molecule has 3 rings (SSSR count). The highest BCUT2D eigenvalue weighted by atomic mass is 32.2. The second-order valence-corrected chi connectivity index (χ2v) is 8.35. The Kier molecular flexibility index (Phi) is 5.88. The molecule has 0 amide bonds. The van der Waals surface area contributed by atoms with Gasteiger partial charge in [0.05, 0.1) is 10.5 Å². The van der Waals surface area contributed by atoms with Gasteiger partial charge in [0.15, 0.2) is 0 Å². The van der Waals surface area contributed by atoms with Crippen LogP contribution < -0.4 is 4.72 Å². The van der Waals surface area contributed by atoms with E-state index in [1.54, 1.807) is 24.3 Å². The van der Waals surface area contributed by atoms with Crippen LogP contribution in [-0.4, -0.2) is 32.4 Å². The smallest absolute Gasteiger partial charge is 0.299 e. The van der Waals surface area contributed by atoms with Crippen molar-refractivity contribution in [3.05, 3.63) is 65.7 Å². The van der Waals surface area contributed by atoms with Crippen molar-refractivity contribution in [1.82, 2.24) is 9.62 Å². The van der Waals surface area contributed by atoms with E-state index in [0.717, 1.165) is 6.07 Å². The van der Waals surface area contributed by atoms with Crippen LogP contribution in [0.1, 0.15) is 24.0 Å². The number of rotatable bonds is 5. The molecule has 1 heterocycles. The zero-order valence-corrected chi connectivity index (χ0v) is 15.4. The molecule has 1 aliphatic rings. The van der Waals surface area contributed by atoms with E-state index in [0.29, 0.717) is 25.9 Å². The van der Waals surface area contributed by atoms with Crippen LogP contribution in [0.2, 0.25) is 0 Å². The molecule has 0 aromatic heterocycles. The lowest BCUT2D eigenvalue weighted by molar-refractivity contribution is -0.138. The van der Waals surface area contributed by atoms with Crippen molar-refractivity contribution >= 4 is 10.0 Å². The van der Waals surface area contributed by atoms with Crippen LogP contribution in [0.4, 0.5) is 13.2 Å². The molecule has 0 spiro atoms. The van der Waals surface area contributed by atoms with Gasteiger partial charge in [-0.05, 0) is 36.6 Å². The molecule has 0 aliphatic carbocycles. The number of piperidine rings is 1. The first kappa shape index (κ1) is 19.9. The average molecular weight is 398 g/mol. The van der Waals surface area contributed by atoms with Crippen molar-refractivity contribution in [1.29, 1.82) is 0 Å². The average Bonchev–Trinajstić information content (AvgIpc) is 2.63. The molecule has 0 saturated carbocycles. The highest BCUT2D eigenvalue weighted by Gasteiger charge is 2.33. The van der Waals surface area contributed by atoms with Crippen LogP contribution in [0.15, 0.2) is 59.5 Å². The van der Waals surface area contributed by atoms with Crippen LogP contribution in [0.25, 0.3) is 0 Å². The number of sulfonamides is 1. The predicted molar refractivity (Wildman–Crippen MR) is 96.5 cm³/mol. The lowest BCUT2D eigenvalue weighted by atomic mass is 10.0. The van der Waals surface area contributed by atoms with Crippen LogP contribution in [-0.2, 0) is 22.7 Å². The fourth-order valence-corrected chi connectivity index (χ4v) is 4.60. The maximum absolute atomic E-state index is 13.1. The Bertz CT molecular complexity index is 862. The summed E-state index contributed by atoms with van der Waals surface area (Å²) >= 11 is 0. The topological polar surface area (TPSA) is 49.4 Å². The van der Waals surface area contributed by atoms with E-state index in [2.05, 4.69) is 4.72 Å². The van der Waals surface area contributed by atoms with Gasteiger partial charge in [-0.2, -0.15) is 13.2 Å². The largest absolute Gasteiger partial charge is 0.416 e. The highest BCUT2D eigenvalue weighted by molar-refractivity contribution is 7.89. The molecule has 4 nitrogen and oxygen atoms in total. The van der Waals surface area contributed by atoms with Crippen molar-refractivity contribution in [3.63, 3.8) is 0 Å². The summed E-state index contributed by atoms with van der Waals surface area (Å²) in [6.45, 7) is 1.27. The number of benzene rings is 2. The fraction of sp³-hybridized carbons (Fsp3) is 0.368. The zero-order chi connectivity index (χ0) is 19.5. The second-order valence-electron chi connectivity index (χ2n) is 6.64. The van der Waals surface area contributed by atoms with Gasteiger partial charge in [-0.25, -0.2) is 13.1 Å². The van der Waals surface area contributed by atoms with E-state index >= 15 is 0 Å². The lowest BCUT2D eigenvalue weighted by Gasteiger charge is -2.32. The molecular weight excluding hydrogens is 377 g/mol. The van der Waals surface area contributed by atoms with Crippen LogP contribution >= 0.6 is 0 Å². The van der Waals surface area contributed by atoms with Gasteiger partial charge in [0, 0.05) is 25.7 Å². The van der Waals surface area contributed by atoms with E-state index in [9.17, 15) is 21.6 Å². The molecule has 0 atom stereocenters. The van der Waals surface area contributed by atoms with Gasteiger partial charge in [0.25, 0.3) is 0 Å². The van der Waals surface area contributed by atoms with Gasteiger partial charge in [-0.15, -0.1) is 0 Å². The van der Waals surface area contributed by atoms with E-state index in [1.807, 2.05) is 4.90 Å². The first-order valence-corrected chi connectivity index (χ1v) is 10.2. The minimum absolute atomic E-state index is 0.202. The molecule has 0 bridgehead atoms. The SMILES string of the molecule is O=S(=O)(NC1CCN(Cc2ccccc2C(F)(F)F)CC1)c1ccccc1. The third-order valence-electron chi connectivity index (χ3n) is 4.68. The molecule has 1 saturated heterocycles. The number of hydrogen-bond acceptors (Lipinski definition) is 3. The molecule has 1 fully saturated rings. The summed E-state index contributed by atoms with van der Waals surface area (Å²) in [5, 5.41) is 0. The first-order chi connectivity index (χ1) is 12.8. The Morgan fingerprint density at radius 3 is 2.19 bits per heavy atom. The van der Waals surface area contributed by atoms with Crippen molar-refractivity contribution < 1.29 is 21.6 Å². The summed E-state index contributed by atoms with van der Waals surface area (Å²) in [4.78, 5) is 2.14. The first-order valence-electron chi connectivity index (χ1n) is 8.70. The normalized spacial score (nSPS) is 17.1. The molecule has 1 aliphatic heterocycles. The zero-order valence-electron chi connectivity index (χ0n) is 14.6. The third kappa shape index (κ3) is 5.09. The Morgan fingerprint density at radius 1 is 0.963 bits per heavy atom. The number of halogens is 3. The van der Waals surface area contributed by atoms with E-state index in [4.69, 9.17) is 0 Å². The molecular formula is C19H21F3N2O2S. The Balaban J connectivity index is 1.59. The van der Waals surface area contributed by atoms with Crippen LogP contribution in [0, 0.1) is 0 Å². The quantitative estimate of drug-likeness (QED) is 0.837. The van der Waals surface area contributed by atoms with E-state index in [-0.39, 0.29) is 23.0 Å². The summed E-state index contributed by atoms with van der Waals surface area (Å²) in [5.41, 5.74) is -0.370. The predicted octanol–water partition coefficient (Wildman–Crippen LogP) is 3.65. The minimum atomic E-state index is -4.37. The number of hydrogen-bond donors (Lipinski definition) is 1. The summed E-state index contributed by atoms with van der Waals surface area (Å²) in [5.74, 6) is 0. The Morgan fingerprint density at radius 2 is 1.56 bits per heavy atom. The fourth-order valence-electron chi connectivity index (χ4n) is 3.27. The monoisotopic (exact) mass is 398 g/mol. The number of likely N-dealkylation sites (tertiary alicyclic amines) is 1. The molecule has 2 aromatic carbocycles. The van der Waals surface area contributed by atoms with Crippen LogP contribution in [0.5, 0.6) is 0 Å². The van der Waals surface area contributed by atoms with Crippen molar-refractivity contribution in [2.45, 2.75) is 36.5 Å². The molecule has 146 valence electrons. The van der Waals surface area contributed by atoms with Gasteiger partial charge >= 0.3 is 6.18 Å². The van der Waals surface area contributed by atoms with Crippen molar-refractivity contribution in [3.8, 4) is 0 Å². The Hall–Kier alpha value is -1.90. The summed E-state index contributed by atoms with van der Waals surface area (Å²) in [6, 6.07) is 13.5. The molecule has 8 heteroatoms. The summed E-state index contributed by atoms with van der Waals surface area (Å²) in [6.07, 6.45) is -3.26.